The van der Waals surface area contributed by atoms with Crippen molar-refractivity contribution >= 4 is 17.5 Å². The van der Waals surface area contributed by atoms with Crippen LogP contribution in [0, 0.1) is 6.92 Å². The van der Waals surface area contributed by atoms with Crippen LogP contribution in [0.2, 0.25) is 0 Å². The Hall–Kier alpha value is -3.16. The monoisotopic (exact) mass is 338 g/mol. The predicted molar refractivity (Wildman–Crippen MR) is 92.4 cm³/mol. The van der Waals surface area contributed by atoms with Crippen molar-refractivity contribution in [2.45, 2.75) is 31.7 Å². The zero-order chi connectivity index (χ0) is 17.6. The first-order valence-electron chi connectivity index (χ1n) is 8.12. The Bertz CT molecular complexity index is 1020. The SMILES string of the molecule is Cc1nc2ccccn2c1C(=O)NC1CC(c2cc(=O)[nH]c(N)n2)C1. The number of aryl methyl sites for hydroxylation is 1. The molecule has 1 aliphatic rings. The van der Waals surface area contributed by atoms with Gasteiger partial charge in [0.25, 0.3) is 11.5 Å². The molecule has 4 N–H and O–H groups in total. The van der Waals surface area contributed by atoms with E-state index in [0.717, 1.165) is 18.5 Å². The summed E-state index contributed by atoms with van der Waals surface area (Å²) in [7, 11) is 0. The van der Waals surface area contributed by atoms with Crippen molar-refractivity contribution in [1.82, 2.24) is 24.7 Å². The summed E-state index contributed by atoms with van der Waals surface area (Å²) in [6, 6.07) is 7.14. The molecule has 25 heavy (non-hydrogen) atoms. The van der Waals surface area contributed by atoms with Gasteiger partial charge in [-0.05, 0) is 31.9 Å². The average Bonchev–Trinajstić information content (AvgIpc) is 2.85. The second-order valence-corrected chi connectivity index (χ2v) is 6.37. The van der Waals surface area contributed by atoms with Crippen molar-refractivity contribution in [2.24, 2.45) is 0 Å². The molecule has 1 aliphatic carbocycles. The largest absolute Gasteiger partial charge is 0.369 e. The lowest BCUT2D eigenvalue weighted by molar-refractivity contribution is 0.0901. The van der Waals surface area contributed by atoms with Gasteiger partial charge in [-0.15, -0.1) is 0 Å². The van der Waals surface area contributed by atoms with Gasteiger partial charge < -0.3 is 11.1 Å². The zero-order valence-electron chi connectivity index (χ0n) is 13.7. The van der Waals surface area contributed by atoms with Crippen LogP contribution < -0.4 is 16.6 Å². The highest BCUT2D eigenvalue weighted by atomic mass is 16.2. The molecule has 1 fully saturated rings. The summed E-state index contributed by atoms with van der Waals surface area (Å²) in [4.78, 5) is 35.1. The second-order valence-electron chi connectivity index (χ2n) is 6.37. The summed E-state index contributed by atoms with van der Waals surface area (Å²) < 4.78 is 1.79. The van der Waals surface area contributed by atoms with E-state index in [1.54, 1.807) is 4.40 Å². The lowest BCUT2D eigenvalue weighted by atomic mass is 9.78. The number of hydrogen-bond acceptors (Lipinski definition) is 5. The maximum absolute atomic E-state index is 12.6. The molecule has 4 rings (SSSR count). The molecule has 3 heterocycles. The van der Waals surface area contributed by atoms with Gasteiger partial charge >= 0.3 is 0 Å². The lowest BCUT2D eigenvalue weighted by Gasteiger charge is -2.35. The molecule has 0 atom stereocenters. The Balaban J connectivity index is 1.46. The van der Waals surface area contributed by atoms with Gasteiger partial charge in [-0.3, -0.25) is 19.0 Å². The van der Waals surface area contributed by atoms with E-state index in [1.807, 2.05) is 31.3 Å². The number of nitrogens with zero attached hydrogens (tertiary/aromatic N) is 3. The van der Waals surface area contributed by atoms with E-state index in [4.69, 9.17) is 5.73 Å². The van der Waals surface area contributed by atoms with E-state index in [2.05, 4.69) is 20.3 Å². The number of H-pyrrole nitrogens is 1. The maximum Gasteiger partial charge on any atom is 0.270 e. The third-order valence-electron chi connectivity index (χ3n) is 4.59. The molecule has 1 amide bonds. The van der Waals surface area contributed by atoms with Crippen molar-refractivity contribution in [3.05, 3.63) is 57.9 Å². The van der Waals surface area contributed by atoms with Gasteiger partial charge in [-0.25, -0.2) is 9.97 Å². The number of nitrogens with two attached hydrogens (primary N) is 1. The highest BCUT2D eigenvalue weighted by molar-refractivity contribution is 5.94. The van der Waals surface area contributed by atoms with Crippen LogP contribution in [0.5, 0.6) is 0 Å². The lowest BCUT2D eigenvalue weighted by Crippen LogP contribution is -2.44. The smallest absolute Gasteiger partial charge is 0.270 e. The van der Waals surface area contributed by atoms with E-state index in [9.17, 15) is 9.59 Å². The number of aromatic nitrogens is 4. The van der Waals surface area contributed by atoms with Crippen LogP contribution in [0.4, 0.5) is 5.95 Å². The predicted octanol–water partition coefficient (Wildman–Crippen LogP) is 0.984. The number of nitrogen functional groups attached to an aromatic ring is 1. The van der Waals surface area contributed by atoms with E-state index in [0.29, 0.717) is 17.1 Å². The fourth-order valence-electron chi connectivity index (χ4n) is 3.32. The number of imidazole rings is 1. The molecule has 0 saturated heterocycles. The summed E-state index contributed by atoms with van der Waals surface area (Å²) in [6.07, 6.45) is 3.30. The number of fused-ring (bicyclic) bond motifs is 1. The zero-order valence-corrected chi connectivity index (χ0v) is 13.7. The summed E-state index contributed by atoms with van der Waals surface area (Å²) in [5.74, 6) is 0.118. The van der Waals surface area contributed by atoms with Crippen LogP contribution in [-0.4, -0.2) is 31.3 Å². The van der Waals surface area contributed by atoms with Crippen molar-refractivity contribution < 1.29 is 4.79 Å². The number of anilines is 1. The minimum absolute atomic E-state index is 0.0495. The number of carbonyl (C=O) groups excluding carboxylic acids is 1. The molecule has 3 aromatic heterocycles. The molecule has 3 aromatic rings. The van der Waals surface area contributed by atoms with Crippen LogP contribution in [0.25, 0.3) is 5.65 Å². The van der Waals surface area contributed by atoms with E-state index in [1.165, 1.54) is 6.07 Å². The van der Waals surface area contributed by atoms with Crippen molar-refractivity contribution in [1.29, 1.82) is 0 Å². The summed E-state index contributed by atoms with van der Waals surface area (Å²) in [5.41, 5.74) is 8.00. The highest BCUT2D eigenvalue weighted by Gasteiger charge is 2.33. The third kappa shape index (κ3) is 2.75. The van der Waals surface area contributed by atoms with Crippen LogP contribution in [-0.2, 0) is 0 Å². The standard InChI is InChI=1S/C17H18N6O2/c1-9-15(23-5-3-2-4-13(23)19-9)16(25)20-11-6-10(7-11)12-8-14(24)22-17(18)21-12/h2-5,8,10-11H,6-7H2,1H3,(H,20,25)(H3,18,21,22,24). The average molecular weight is 338 g/mol. The van der Waals surface area contributed by atoms with Gasteiger partial charge in [0.15, 0.2) is 0 Å². The number of amides is 1. The van der Waals surface area contributed by atoms with Gasteiger partial charge in [0, 0.05) is 24.2 Å². The molecular formula is C17H18N6O2. The Kier molecular flexibility index (Phi) is 3.52. The second kappa shape index (κ2) is 5.73. The molecule has 8 nitrogen and oxygen atoms in total. The van der Waals surface area contributed by atoms with E-state index in [-0.39, 0.29) is 29.4 Å². The molecule has 0 aliphatic heterocycles. The first-order chi connectivity index (χ1) is 12.0. The topological polar surface area (TPSA) is 118 Å². The molecule has 0 spiro atoms. The Morgan fingerprint density at radius 2 is 2.16 bits per heavy atom. The summed E-state index contributed by atoms with van der Waals surface area (Å²) in [5, 5.41) is 3.04. The molecule has 0 aromatic carbocycles. The fourth-order valence-corrected chi connectivity index (χ4v) is 3.32. The van der Waals surface area contributed by atoms with Crippen molar-refractivity contribution in [3.63, 3.8) is 0 Å². The molecule has 8 heteroatoms. The number of carbonyl (C=O) groups is 1. The Morgan fingerprint density at radius 1 is 1.36 bits per heavy atom. The third-order valence-corrected chi connectivity index (χ3v) is 4.59. The molecule has 0 unspecified atom stereocenters. The minimum atomic E-state index is -0.253. The normalized spacial score (nSPS) is 19.6. The maximum atomic E-state index is 12.6. The quantitative estimate of drug-likeness (QED) is 0.658. The van der Waals surface area contributed by atoms with Crippen LogP contribution in [0.3, 0.4) is 0 Å². The number of hydrogen-bond donors (Lipinski definition) is 3. The molecular weight excluding hydrogens is 320 g/mol. The number of aromatic amines is 1. The van der Waals surface area contributed by atoms with Gasteiger partial charge in [-0.1, -0.05) is 6.07 Å². The van der Waals surface area contributed by atoms with E-state index >= 15 is 0 Å². The number of rotatable bonds is 3. The number of pyridine rings is 1. The van der Waals surface area contributed by atoms with Crippen molar-refractivity contribution in [3.8, 4) is 0 Å². The van der Waals surface area contributed by atoms with Crippen LogP contribution in [0.15, 0.2) is 35.3 Å². The molecule has 128 valence electrons. The number of nitrogens with one attached hydrogen (secondary N) is 2. The fraction of sp³-hybridized carbons (Fsp3) is 0.294. The molecule has 0 radical (unpaired) electrons. The first kappa shape index (κ1) is 15.4. The summed E-state index contributed by atoms with van der Waals surface area (Å²) in [6.45, 7) is 1.83. The Morgan fingerprint density at radius 3 is 2.92 bits per heavy atom. The van der Waals surface area contributed by atoms with Crippen LogP contribution >= 0.6 is 0 Å². The van der Waals surface area contributed by atoms with E-state index < -0.39 is 0 Å². The summed E-state index contributed by atoms with van der Waals surface area (Å²) >= 11 is 0. The van der Waals surface area contributed by atoms with Gasteiger partial charge in [0.2, 0.25) is 5.95 Å². The van der Waals surface area contributed by atoms with Crippen molar-refractivity contribution in [2.75, 3.05) is 5.73 Å². The first-order valence-corrected chi connectivity index (χ1v) is 8.12. The highest BCUT2D eigenvalue weighted by Crippen LogP contribution is 2.35. The van der Waals surface area contributed by atoms with Crippen LogP contribution in [0.1, 0.15) is 40.6 Å². The van der Waals surface area contributed by atoms with Gasteiger partial charge in [-0.2, -0.15) is 0 Å². The molecule has 0 bridgehead atoms. The Labute approximate surface area is 143 Å². The van der Waals surface area contributed by atoms with Gasteiger partial charge in [0.1, 0.15) is 11.3 Å². The molecule has 1 saturated carbocycles. The van der Waals surface area contributed by atoms with Gasteiger partial charge in [0.05, 0.1) is 11.4 Å². The minimum Gasteiger partial charge on any atom is -0.369 e.